The van der Waals surface area contributed by atoms with Crippen LogP contribution >= 0.6 is 0 Å². The van der Waals surface area contributed by atoms with Gasteiger partial charge in [0.05, 0.1) is 10.5 Å². The molecule has 3 heterocycles. The highest BCUT2D eigenvalue weighted by atomic mass is 32.2. The minimum absolute atomic E-state index is 0.0458. The van der Waals surface area contributed by atoms with Crippen LogP contribution in [0.15, 0.2) is 52.0 Å². The number of aromatic hydroxyl groups is 1. The second-order valence-corrected chi connectivity index (χ2v) is 8.30. The number of hydrogen-bond acceptors (Lipinski definition) is 7. The molecule has 0 amide bonds. The van der Waals surface area contributed by atoms with Crippen LogP contribution in [0, 0.1) is 6.92 Å². The molecule has 2 aromatic heterocycles. The zero-order valence-corrected chi connectivity index (χ0v) is 15.4. The maximum atomic E-state index is 13.1. The van der Waals surface area contributed by atoms with Gasteiger partial charge >= 0.3 is 0 Å². The molecule has 0 saturated carbocycles. The summed E-state index contributed by atoms with van der Waals surface area (Å²) in [5, 5.41) is 18.0. The molecule has 0 bridgehead atoms. The molecule has 8 nitrogen and oxygen atoms in total. The summed E-state index contributed by atoms with van der Waals surface area (Å²) in [5.41, 5.74) is 1.29. The van der Waals surface area contributed by atoms with E-state index in [0.29, 0.717) is 36.4 Å². The highest BCUT2D eigenvalue weighted by molar-refractivity contribution is 7.89. The van der Waals surface area contributed by atoms with Gasteiger partial charge in [0.25, 0.3) is 0 Å². The Balaban J connectivity index is 1.66. The quantitative estimate of drug-likeness (QED) is 0.734. The van der Waals surface area contributed by atoms with Crippen molar-refractivity contribution in [3.05, 3.63) is 54.2 Å². The molecule has 9 heteroatoms. The Hall–Kier alpha value is -2.78. The van der Waals surface area contributed by atoms with E-state index in [4.69, 9.17) is 4.42 Å². The molecule has 1 saturated heterocycles. The van der Waals surface area contributed by atoms with Crippen molar-refractivity contribution in [1.29, 1.82) is 0 Å². The van der Waals surface area contributed by atoms with Crippen molar-refractivity contribution in [2.75, 3.05) is 6.54 Å². The van der Waals surface area contributed by atoms with Gasteiger partial charge in [-0.25, -0.2) is 8.42 Å². The third-order valence-corrected chi connectivity index (χ3v) is 6.53. The van der Waals surface area contributed by atoms with E-state index >= 15 is 0 Å². The summed E-state index contributed by atoms with van der Waals surface area (Å²) >= 11 is 0. The van der Waals surface area contributed by atoms with Crippen LogP contribution in [0.4, 0.5) is 0 Å². The van der Waals surface area contributed by atoms with E-state index in [-0.39, 0.29) is 16.5 Å². The lowest BCUT2D eigenvalue weighted by Gasteiger charge is -2.21. The minimum Gasteiger partial charge on any atom is -0.508 e. The lowest BCUT2D eigenvalue weighted by atomic mass is 10.2. The first-order valence-electron chi connectivity index (χ1n) is 8.52. The summed E-state index contributed by atoms with van der Waals surface area (Å²) in [5.74, 6) is 0.505. The van der Waals surface area contributed by atoms with Gasteiger partial charge in [0.2, 0.25) is 21.8 Å². The summed E-state index contributed by atoms with van der Waals surface area (Å²) < 4.78 is 33.2. The Labute approximate surface area is 156 Å². The standard InChI is InChI=1S/C18H18N4O4S/c1-12-6-7-14(10-16(12)23)27(24,25)22-9-3-5-15(22)18-21-20-17(26-18)13-4-2-8-19-11-13/h2,4,6-8,10-11,15,23H,3,5,9H2,1H3. The van der Waals surface area contributed by atoms with Crippen LogP contribution in [-0.4, -0.2) is 39.6 Å². The average molecular weight is 386 g/mol. The van der Waals surface area contributed by atoms with Crippen molar-refractivity contribution < 1.29 is 17.9 Å². The van der Waals surface area contributed by atoms with Gasteiger partial charge in [0.1, 0.15) is 11.8 Å². The zero-order valence-electron chi connectivity index (χ0n) is 14.6. The molecule has 1 N–H and O–H groups in total. The molecule has 27 heavy (non-hydrogen) atoms. The number of hydrogen-bond donors (Lipinski definition) is 1. The van der Waals surface area contributed by atoms with E-state index in [2.05, 4.69) is 15.2 Å². The summed E-state index contributed by atoms with van der Waals surface area (Å²) in [6, 6.07) is 7.37. The van der Waals surface area contributed by atoms with Crippen molar-refractivity contribution in [1.82, 2.24) is 19.5 Å². The molecule has 1 atom stereocenters. The Morgan fingerprint density at radius 1 is 1.26 bits per heavy atom. The first-order valence-corrected chi connectivity index (χ1v) is 9.96. The maximum absolute atomic E-state index is 13.1. The van der Waals surface area contributed by atoms with Crippen LogP contribution in [0.5, 0.6) is 5.75 Å². The molecule has 0 radical (unpaired) electrons. The van der Waals surface area contributed by atoms with E-state index in [9.17, 15) is 13.5 Å². The summed E-state index contributed by atoms with van der Waals surface area (Å²) in [6.07, 6.45) is 4.52. The number of rotatable bonds is 4. The monoisotopic (exact) mass is 386 g/mol. The van der Waals surface area contributed by atoms with E-state index in [1.807, 2.05) is 0 Å². The molecule has 1 aliphatic heterocycles. The predicted molar refractivity (Wildman–Crippen MR) is 96.2 cm³/mol. The normalized spacial score (nSPS) is 18.0. The predicted octanol–water partition coefficient (Wildman–Crippen LogP) is 2.67. The molecule has 1 unspecified atom stereocenters. The molecule has 0 spiro atoms. The SMILES string of the molecule is Cc1ccc(S(=O)(=O)N2CCCC2c2nnc(-c3cccnc3)o2)cc1O. The van der Waals surface area contributed by atoms with E-state index < -0.39 is 16.1 Å². The van der Waals surface area contributed by atoms with Gasteiger partial charge in [-0.15, -0.1) is 10.2 Å². The minimum atomic E-state index is -3.80. The lowest BCUT2D eigenvalue weighted by Crippen LogP contribution is -2.30. The van der Waals surface area contributed by atoms with Crippen molar-refractivity contribution >= 4 is 10.0 Å². The molecule has 4 rings (SSSR count). The average Bonchev–Trinajstić information content (AvgIpc) is 3.34. The Morgan fingerprint density at radius 2 is 2.11 bits per heavy atom. The third kappa shape index (κ3) is 3.19. The molecular weight excluding hydrogens is 368 g/mol. The summed E-state index contributed by atoms with van der Waals surface area (Å²) in [7, 11) is -3.80. The fourth-order valence-corrected chi connectivity index (χ4v) is 4.81. The van der Waals surface area contributed by atoms with Gasteiger partial charge in [-0.2, -0.15) is 4.31 Å². The molecule has 0 aliphatic carbocycles. The highest BCUT2D eigenvalue weighted by Gasteiger charge is 2.39. The van der Waals surface area contributed by atoms with Crippen molar-refractivity contribution in [2.24, 2.45) is 0 Å². The van der Waals surface area contributed by atoms with Gasteiger partial charge in [-0.1, -0.05) is 6.07 Å². The molecule has 1 aliphatic rings. The molecule has 1 fully saturated rings. The summed E-state index contributed by atoms with van der Waals surface area (Å²) in [6.45, 7) is 2.06. The highest BCUT2D eigenvalue weighted by Crippen LogP contribution is 2.37. The first kappa shape index (κ1) is 17.6. The van der Waals surface area contributed by atoms with Crippen molar-refractivity contribution in [2.45, 2.75) is 30.7 Å². The smallest absolute Gasteiger partial charge is 0.249 e. The second kappa shape index (κ2) is 6.75. The maximum Gasteiger partial charge on any atom is 0.249 e. The number of pyridine rings is 1. The first-order chi connectivity index (χ1) is 13.0. The van der Waals surface area contributed by atoms with Gasteiger partial charge in [-0.3, -0.25) is 4.98 Å². The van der Waals surface area contributed by atoms with Crippen molar-refractivity contribution in [3.63, 3.8) is 0 Å². The molecule has 140 valence electrons. The Bertz CT molecular complexity index is 1070. The van der Waals surface area contributed by atoms with Crippen molar-refractivity contribution in [3.8, 4) is 17.2 Å². The number of phenolic OH excluding ortho intramolecular Hbond substituents is 1. The van der Waals surface area contributed by atoms with Crippen LogP contribution in [0.2, 0.25) is 0 Å². The molecule has 3 aromatic rings. The number of phenols is 1. The number of aryl methyl sites for hydroxylation is 1. The summed E-state index contributed by atoms with van der Waals surface area (Å²) in [4.78, 5) is 4.07. The van der Waals surface area contributed by atoms with Crippen LogP contribution < -0.4 is 0 Å². The van der Waals surface area contributed by atoms with E-state index in [1.54, 1.807) is 37.5 Å². The van der Waals surface area contributed by atoms with Gasteiger partial charge in [0, 0.05) is 25.0 Å². The van der Waals surface area contributed by atoms with Gasteiger partial charge in [0.15, 0.2) is 0 Å². The fourth-order valence-electron chi connectivity index (χ4n) is 3.13. The van der Waals surface area contributed by atoms with E-state index in [0.717, 1.165) is 0 Å². The van der Waals surface area contributed by atoms with Crippen LogP contribution in [0.25, 0.3) is 11.5 Å². The largest absolute Gasteiger partial charge is 0.508 e. The molecule has 1 aromatic carbocycles. The van der Waals surface area contributed by atoms with Gasteiger partial charge in [-0.05, 0) is 43.5 Å². The lowest BCUT2D eigenvalue weighted by molar-refractivity contribution is 0.332. The fraction of sp³-hybridized carbons (Fsp3) is 0.278. The number of nitrogens with zero attached hydrogens (tertiary/aromatic N) is 4. The third-order valence-electron chi connectivity index (χ3n) is 4.63. The number of sulfonamides is 1. The van der Waals surface area contributed by atoms with Crippen LogP contribution in [0.1, 0.15) is 30.3 Å². The zero-order chi connectivity index (χ0) is 19.0. The van der Waals surface area contributed by atoms with E-state index in [1.165, 1.54) is 16.4 Å². The number of aromatic nitrogens is 3. The number of benzene rings is 1. The second-order valence-electron chi connectivity index (χ2n) is 6.41. The Kier molecular flexibility index (Phi) is 4.40. The van der Waals surface area contributed by atoms with Crippen LogP contribution in [-0.2, 0) is 10.0 Å². The van der Waals surface area contributed by atoms with Crippen LogP contribution in [0.3, 0.4) is 0 Å². The molecular formula is C18H18N4O4S. The van der Waals surface area contributed by atoms with Gasteiger partial charge < -0.3 is 9.52 Å². The Morgan fingerprint density at radius 3 is 2.85 bits per heavy atom. The topological polar surface area (TPSA) is 109 Å².